The summed E-state index contributed by atoms with van der Waals surface area (Å²) in [4.78, 5) is 34.0. The fourth-order valence-electron chi connectivity index (χ4n) is 19.1. The Hall–Kier alpha value is -2.66. The molecule has 10 saturated carbocycles. The molecule has 0 aromatic carbocycles. The Labute approximate surface area is 422 Å². The van der Waals surface area contributed by atoms with Crippen LogP contribution in [0.4, 0.5) is 0 Å². The van der Waals surface area contributed by atoms with E-state index in [1.807, 2.05) is 19.9 Å². The molecule has 2 heterocycles. The van der Waals surface area contributed by atoms with Crippen LogP contribution in [0.3, 0.4) is 0 Å². The van der Waals surface area contributed by atoms with Crippen molar-refractivity contribution in [3.63, 3.8) is 0 Å². The fraction of sp³-hybridized carbons (Fsp3) is 0.831. The smallest absolute Gasteiger partial charge is 0.206 e. The number of carbonyl (C=O) groups excluding carboxylic acids is 2. The predicted molar refractivity (Wildman–Crippen MR) is 274 cm³/mol. The summed E-state index contributed by atoms with van der Waals surface area (Å²) in [6, 6.07) is 2.29. The third-order valence-electron chi connectivity index (χ3n) is 22.1. The molecule has 1 aliphatic heterocycles. The first kappa shape index (κ1) is 49.9. The van der Waals surface area contributed by atoms with E-state index in [-0.39, 0.29) is 22.7 Å². The molecule has 10 heteroatoms. The minimum Gasteiger partial charge on any atom is -0.390 e. The van der Waals surface area contributed by atoms with Crippen LogP contribution >= 0.6 is 15.9 Å². The first-order chi connectivity index (χ1) is 32.9. The van der Waals surface area contributed by atoms with Gasteiger partial charge in [-0.3, -0.25) is 19.3 Å². The topological polar surface area (TPSA) is 133 Å². The molecule has 0 bridgehead atoms. The summed E-state index contributed by atoms with van der Waals surface area (Å²) in [5.74, 6) is 11.1. The molecule has 1 aromatic heterocycles. The van der Waals surface area contributed by atoms with Crippen molar-refractivity contribution in [2.45, 2.75) is 194 Å². The van der Waals surface area contributed by atoms with Crippen molar-refractivity contribution >= 4 is 33.2 Å². The number of nitriles is 1. The van der Waals surface area contributed by atoms with Crippen molar-refractivity contribution in [1.29, 1.82) is 5.26 Å². The molecule has 1 aromatic rings. The second-order valence-corrected chi connectivity index (χ2v) is 27.1. The lowest BCUT2D eigenvalue weighted by Gasteiger charge is -2.57. The van der Waals surface area contributed by atoms with E-state index in [0.29, 0.717) is 64.5 Å². The van der Waals surface area contributed by atoms with Crippen molar-refractivity contribution in [3.8, 4) is 6.07 Å². The molecule has 10 fully saturated rings. The molecule has 2 N–H and O–H groups in total. The molecule has 69 heavy (non-hydrogen) atoms. The van der Waals surface area contributed by atoms with Gasteiger partial charge in [0.1, 0.15) is 11.9 Å². The number of alkyl halides is 1. The summed E-state index contributed by atoms with van der Waals surface area (Å²) in [6.45, 7) is 21.7. The molecule has 9 nitrogen and oxygen atoms in total. The second-order valence-electron chi connectivity index (χ2n) is 26.6. The maximum atomic E-state index is 13.7. The summed E-state index contributed by atoms with van der Waals surface area (Å²) < 4.78 is 1.76. The van der Waals surface area contributed by atoms with Gasteiger partial charge in [0.25, 0.3) is 0 Å². The Morgan fingerprint density at radius 3 is 1.72 bits per heavy atom. The summed E-state index contributed by atoms with van der Waals surface area (Å²) in [7, 11) is 0. The van der Waals surface area contributed by atoms with Crippen molar-refractivity contribution in [1.82, 2.24) is 9.78 Å². The molecular formula is C59H84BrN5O4. The van der Waals surface area contributed by atoms with Gasteiger partial charge in [0.2, 0.25) is 5.70 Å². The quantitative estimate of drug-likeness (QED) is 0.206. The Balaban J connectivity index is 0.000000137. The number of ketones is 2. The first-order valence-corrected chi connectivity index (χ1v) is 29.2. The molecule has 0 spiro atoms. The van der Waals surface area contributed by atoms with Crippen molar-refractivity contribution in [2.24, 2.45) is 105 Å². The van der Waals surface area contributed by atoms with Crippen LogP contribution in [0.2, 0.25) is 0 Å². The van der Waals surface area contributed by atoms with Gasteiger partial charge in [0, 0.05) is 36.2 Å². The third kappa shape index (κ3) is 9.36. The van der Waals surface area contributed by atoms with Crippen molar-refractivity contribution in [2.75, 3.05) is 11.9 Å². The van der Waals surface area contributed by atoms with Gasteiger partial charge < -0.3 is 10.2 Å². The number of allylic oxidation sites excluding steroid dienone is 1. The third-order valence-corrected chi connectivity index (χ3v) is 22.6. The Morgan fingerprint density at radius 2 is 1.25 bits per heavy atom. The fourth-order valence-corrected chi connectivity index (χ4v) is 19.5. The van der Waals surface area contributed by atoms with E-state index < -0.39 is 11.2 Å². The molecule has 0 radical (unpaired) electrons. The number of carbonyl (C=O) groups is 2. The monoisotopic (exact) mass is 1010 g/mol. The van der Waals surface area contributed by atoms with Crippen LogP contribution in [0, 0.1) is 118 Å². The number of aliphatic hydroxyl groups is 2. The second kappa shape index (κ2) is 19.0. The minimum atomic E-state index is -0.466. The molecule has 0 unspecified atom stereocenters. The normalized spacial score (nSPS) is 45.9. The number of hydrogen-bond donors (Lipinski definition) is 2. The zero-order chi connectivity index (χ0) is 48.8. The van der Waals surface area contributed by atoms with E-state index >= 15 is 0 Å². The molecular weight excluding hydrogens is 923 g/mol. The van der Waals surface area contributed by atoms with Gasteiger partial charge in [-0.05, 0) is 230 Å². The van der Waals surface area contributed by atoms with E-state index in [1.165, 1.54) is 70.6 Å². The largest absolute Gasteiger partial charge is 0.390 e. The number of nitrogens with zero attached hydrogens (tertiary/aromatic N) is 5. The lowest BCUT2D eigenvalue weighted by atomic mass is 9.48. The number of aliphatic imine (C=N–C) groups is 1. The van der Waals surface area contributed by atoms with Crippen molar-refractivity contribution in [3.05, 3.63) is 40.6 Å². The summed E-state index contributed by atoms with van der Waals surface area (Å²) in [5, 5.41) is 35.9. The van der Waals surface area contributed by atoms with Gasteiger partial charge in [-0.1, -0.05) is 49.7 Å². The van der Waals surface area contributed by atoms with Crippen LogP contribution in [0.5, 0.6) is 0 Å². The van der Waals surface area contributed by atoms with Gasteiger partial charge in [-0.25, -0.2) is 4.85 Å². The van der Waals surface area contributed by atoms with Crippen LogP contribution < -0.4 is 0 Å². The van der Waals surface area contributed by atoms with E-state index in [1.54, 1.807) is 10.9 Å². The van der Waals surface area contributed by atoms with Gasteiger partial charge >= 0.3 is 0 Å². The molecule has 11 aliphatic rings. The Bertz CT molecular complexity index is 2280. The maximum absolute atomic E-state index is 13.7. The van der Waals surface area contributed by atoms with Crippen LogP contribution in [0.25, 0.3) is 4.85 Å². The zero-order valence-electron chi connectivity index (χ0n) is 43.0. The number of halogens is 1. The van der Waals surface area contributed by atoms with E-state index in [9.17, 15) is 25.1 Å². The molecule has 12 rings (SSSR count). The van der Waals surface area contributed by atoms with Crippen LogP contribution in [0.15, 0.2) is 23.0 Å². The highest BCUT2D eigenvalue weighted by atomic mass is 79.9. The number of aromatic nitrogens is 2. The lowest BCUT2D eigenvalue weighted by Crippen LogP contribution is -2.51. The van der Waals surface area contributed by atoms with Crippen LogP contribution in [-0.4, -0.2) is 60.3 Å². The number of fused-ring (bicyclic) bond motifs is 10. The average molecular weight is 1010 g/mol. The van der Waals surface area contributed by atoms with Crippen LogP contribution in [-0.2, 0) is 16.1 Å². The van der Waals surface area contributed by atoms with Gasteiger partial charge in [-0.15, -0.1) is 0 Å². The minimum absolute atomic E-state index is 0.0925. The Kier molecular flexibility index (Phi) is 13.7. The number of Topliss-reactive ketones (excluding diaryl/α,β-unsaturated/α-hetero) is 2. The van der Waals surface area contributed by atoms with E-state index in [4.69, 9.17) is 6.57 Å². The first-order valence-electron chi connectivity index (χ1n) is 28.0. The lowest BCUT2D eigenvalue weighted by molar-refractivity contribution is -0.133. The number of rotatable bonds is 7. The molecule has 376 valence electrons. The summed E-state index contributed by atoms with van der Waals surface area (Å²) >= 11 is 3.44. The standard InChI is InChI=1S/C29H41N3O2.C22H35BrO2.C8H8N2/c1-17-12-24(25(33)16-32-15-20(14-30)27(31-32)18-4-5-18)29(3)11-9-22-21-8-10-28(2,34)13-19(21)6-7-23(22)26(17)29;1-13-10-18(19(24)12-23)22(3)9-7-16-15-6-8-21(2,25)11-14(15)4-5-17(16)20(13)22;1-9-7-4-5-10-8(7)6-2-3-6/h15,17-19,21-24,26,34H,4-13,16H2,1-3H3;13-18,20,25H,4-12H2,1-3H3;4,6H,2-3,5H2/t17-,19-,21+,22-,23-,24-,26+,28-,29-;13-,14-,15+,16-,17-,18-,20+,21-,22-;/m11./s1. The highest BCUT2D eigenvalue weighted by Crippen LogP contribution is 2.68. The summed E-state index contributed by atoms with van der Waals surface area (Å²) in [6.07, 6.45) is 27.0. The highest BCUT2D eigenvalue weighted by molar-refractivity contribution is 9.09. The SMILES string of the molecule is C[C@@H]1C[C@H](C(=O)CBr)[C@@]2(C)CC[C@H]3[C@@H](CC[C@@H]4C[C@](C)(O)CC[C@@H]43)[C@H]12.C[C@@H]1C[C@H](C(=O)Cn2cc(C#N)c(C3CC3)n2)[C@@]2(C)CC[C@H]3[C@@H](CC[C@@H]4C[C@](C)(O)CC[C@@H]43)[C@H]12.[C-]#[N+]C1=CCN=C1C1CC1. The van der Waals surface area contributed by atoms with Gasteiger partial charge in [-0.2, -0.15) is 10.4 Å². The van der Waals surface area contributed by atoms with Gasteiger partial charge in [0.05, 0.1) is 40.9 Å². The van der Waals surface area contributed by atoms with Crippen molar-refractivity contribution < 1.29 is 19.8 Å². The predicted octanol–water partition coefficient (Wildman–Crippen LogP) is 12.3. The maximum Gasteiger partial charge on any atom is 0.206 e. The molecule has 0 amide bonds. The number of hydrogen-bond acceptors (Lipinski definition) is 7. The Morgan fingerprint density at radius 1 is 0.739 bits per heavy atom. The molecule has 0 saturated heterocycles. The average Bonchev–Trinajstić information content (AvgIpc) is 4.21. The molecule has 10 aliphatic carbocycles. The zero-order valence-corrected chi connectivity index (χ0v) is 44.6. The van der Waals surface area contributed by atoms with E-state index in [2.05, 4.69) is 64.6 Å². The highest BCUT2D eigenvalue weighted by Gasteiger charge is 2.63. The summed E-state index contributed by atoms with van der Waals surface area (Å²) in [5.41, 5.74) is 2.88. The molecule has 18 atom stereocenters. The van der Waals surface area contributed by atoms with Gasteiger partial charge in [0.15, 0.2) is 5.78 Å². The van der Waals surface area contributed by atoms with E-state index in [0.717, 1.165) is 129 Å². The van der Waals surface area contributed by atoms with Crippen LogP contribution in [0.1, 0.15) is 187 Å².